The number of hydrogen-bond acceptors (Lipinski definition) is 12. The molecule has 7 amide bonds. The number of thioether (sulfide) groups is 1. The van der Waals surface area contributed by atoms with Gasteiger partial charge in [0.2, 0.25) is 41.4 Å². The molecule has 57 heavy (non-hydrogen) atoms. The lowest BCUT2D eigenvalue weighted by molar-refractivity contribution is -0.143. The quantitative estimate of drug-likeness (QED) is 0.0395. The van der Waals surface area contributed by atoms with E-state index in [1.165, 1.54) is 18.7 Å². The number of aliphatic carboxylic acids is 3. The van der Waals surface area contributed by atoms with E-state index in [0.29, 0.717) is 12.2 Å². The van der Waals surface area contributed by atoms with E-state index in [-0.39, 0.29) is 38.0 Å². The Labute approximate surface area is 335 Å². The van der Waals surface area contributed by atoms with E-state index in [1.807, 2.05) is 0 Å². The number of primary amides is 1. The Morgan fingerprint density at radius 2 is 1.05 bits per heavy atom. The van der Waals surface area contributed by atoms with Gasteiger partial charge < -0.3 is 58.7 Å². The standard InChI is InChI=1S/C35H60N8O13S/c1-7-18(4)28(43-30(50)20(36)8-12-26(45)46)34(54)38-19(5)29(49)39-22(14-15-57-6)32(52)42-24(16-17(2)3)33(53)40-21(9-11-25(37)44)31(51)41-23(35(55)56)10-13-27(47)48/h17-24,28H,7-16,36H2,1-6H3,(H2,37,44)(H,38,54)(H,39,49)(H,40,53)(H,41,51)(H,42,52)(H,43,50)(H,45,46)(H,47,48)(H,55,56)/t18-,19-,20-,21-,22-,23-,24-,28-/m0/s1. The highest BCUT2D eigenvalue weighted by molar-refractivity contribution is 7.98. The molecule has 0 aromatic carbocycles. The average Bonchev–Trinajstić information content (AvgIpc) is 3.12. The molecule has 0 aromatic heterocycles. The van der Waals surface area contributed by atoms with E-state index in [4.69, 9.17) is 21.7 Å². The van der Waals surface area contributed by atoms with E-state index in [1.54, 1.807) is 34.0 Å². The maximum Gasteiger partial charge on any atom is 0.326 e. The van der Waals surface area contributed by atoms with Crippen LogP contribution >= 0.6 is 11.8 Å². The number of carbonyl (C=O) groups excluding carboxylic acids is 7. The highest BCUT2D eigenvalue weighted by Gasteiger charge is 2.34. The summed E-state index contributed by atoms with van der Waals surface area (Å²) in [4.78, 5) is 125. The molecular formula is C35H60N8O13S. The second-order valence-electron chi connectivity index (χ2n) is 14.1. The molecule has 0 aliphatic rings. The van der Waals surface area contributed by atoms with Crippen LogP contribution in [0.1, 0.15) is 92.4 Å². The van der Waals surface area contributed by atoms with Gasteiger partial charge in [0.15, 0.2) is 0 Å². The van der Waals surface area contributed by atoms with Gasteiger partial charge in [-0.05, 0) is 62.9 Å². The number of amides is 7. The van der Waals surface area contributed by atoms with Crippen molar-refractivity contribution in [3.63, 3.8) is 0 Å². The Hall–Kier alpha value is -4.99. The first-order chi connectivity index (χ1) is 26.5. The number of nitrogens with one attached hydrogen (secondary N) is 6. The molecule has 21 nitrogen and oxygen atoms in total. The van der Waals surface area contributed by atoms with Crippen molar-refractivity contribution < 1.29 is 63.3 Å². The van der Waals surface area contributed by atoms with Gasteiger partial charge in [-0.25, -0.2) is 4.79 Å². The molecule has 0 aliphatic heterocycles. The molecule has 0 fully saturated rings. The van der Waals surface area contributed by atoms with E-state index in [9.17, 15) is 53.1 Å². The highest BCUT2D eigenvalue weighted by atomic mass is 32.2. The maximum atomic E-state index is 13.7. The summed E-state index contributed by atoms with van der Waals surface area (Å²) in [6.07, 6.45) is 0.0127. The number of rotatable bonds is 29. The summed E-state index contributed by atoms with van der Waals surface area (Å²) >= 11 is 1.36. The van der Waals surface area contributed by atoms with Crippen molar-refractivity contribution in [2.45, 2.75) is 135 Å². The minimum Gasteiger partial charge on any atom is -0.481 e. The Morgan fingerprint density at radius 3 is 1.54 bits per heavy atom. The van der Waals surface area contributed by atoms with Crippen molar-refractivity contribution in [3.8, 4) is 0 Å². The lowest BCUT2D eigenvalue weighted by atomic mass is 9.97. The second-order valence-corrected chi connectivity index (χ2v) is 15.1. The van der Waals surface area contributed by atoms with Gasteiger partial charge in [-0.15, -0.1) is 0 Å². The number of hydrogen-bond donors (Lipinski definition) is 11. The SMILES string of the molecule is CC[C@H](C)[C@H](NC(=O)[C@@H](N)CCC(=O)O)C(=O)N[C@@H](C)C(=O)N[C@@H](CCSC)C(=O)N[C@@H](CC(C)C)C(=O)N[C@@H](CCC(N)=O)C(=O)N[C@@H](CCC(=O)O)C(=O)O. The van der Waals surface area contributed by atoms with E-state index in [0.717, 1.165) is 0 Å². The molecule has 0 aromatic rings. The Morgan fingerprint density at radius 1 is 0.579 bits per heavy atom. The average molecular weight is 833 g/mol. The molecular weight excluding hydrogens is 772 g/mol. The van der Waals surface area contributed by atoms with Gasteiger partial charge in [0.25, 0.3) is 0 Å². The first kappa shape index (κ1) is 52.0. The Kier molecular flexibility index (Phi) is 24.4. The third-order valence-electron chi connectivity index (χ3n) is 8.71. The third-order valence-corrected chi connectivity index (χ3v) is 9.35. The Bertz CT molecular complexity index is 1430. The summed E-state index contributed by atoms with van der Waals surface area (Å²) < 4.78 is 0. The molecule has 0 unspecified atom stereocenters. The summed E-state index contributed by atoms with van der Waals surface area (Å²) in [5.41, 5.74) is 11.0. The van der Waals surface area contributed by atoms with Gasteiger partial charge in [-0.3, -0.25) is 43.2 Å². The van der Waals surface area contributed by atoms with Crippen molar-refractivity contribution in [1.82, 2.24) is 31.9 Å². The van der Waals surface area contributed by atoms with Crippen molar-refractivity contribution in [2.75, 3.05) is 12.0 Å². The van der Waals surface area contributed by atoms with Crippen molar-refractivity contribution in [2.24, 2.45) is 23.3 Å². The zero-order chi connectivity index (χ0) is 44.0. The summed E-state index contributed by atoms with van der Waals surface area (Å²) in [6, 6.07) is -9.21. The van der Waals surface area contributed by atoms with Crippen LogP contribution in [0.2, 0.25) is 0 Å². The van der Waals surface area contributed by atoms with Gasteiger partial charge >= 0.3 is 17.9 Å². The zero-order valence-electron chi connectivity index (χ0n) is 33.3. The summed E-state index contributed by atoms with van der Waals surface area (Å²) in [6.45, 7) is 8.31. The van der Waals surface area contributed by atoms with Crippen LogP contribution in [-0.4, -0.2) is 129 Å². The summed E-state index contributed by atoms with van der Waals surface area (Å²) in [5.74, 6) is -9.99. The summed E-state index contributed by atoms with van der Waals surface area (Å²) in [5, 5.41) is 42.1. The normalized spacial score (nSPS) is 15.2. The van der Waals surface area contributed by atoms with E-state index < -0.39 is 127 Å². The fraction of sp³-hybridized carbons (Fsp3) is 0.714. The molecule has 8 atom stereocenters. The first-order valence-electron chi connectivity index (χ1n) is 18.6. The van der Waals surface area contributed by atoms with Gasteiger partial charge in [0.1, 0.15) is 36.3 Å². The highest BCUT2D eigenvalue weighted by Crippen LogP contribution is 2.12. The molecule has 0 saturated carbocycles. The Balaban J connectivity index is 6.08. The van der Waals surface area contributed by atoms with E-state index in [2.05, 4.69) is 31.9 Å². The zero-order valence-corrected chi connectivity index (χ0v) is 34.1. The molecule has 22 heteroatoms. The maximum absolute atomic E-state index is 13.7. The molecule has 324 valence electrons. The van der Waals surface area contributed by atoms with Crippen LogP contribution in [-0.2, 0) is 47.9 Å². The van der Waals surface area contributed by atoms with Crippen LogP contribution in [0.25, 0.3) is 0 Å². The molecule has 0 spiro atoms. The lowest BCUT2D eigenvalue weighted by Gasteiger charge is -2.28. The fourth-order valence-corrected chi connectivity index (χ4v) is 5.61. The number of nitrogens with two attached hydrogens (primary N) is 2. The predicted octanol–water partition coefficient (Wildman–Crippen LogP) is -1.83. The largest absolute Gasteiger partial charge is 0.481 e. The molecule has 13 N–H and O–H groups in total. The fourth-order valence-electron chi connectivity index (χ4n) is 5.14. The molecule has 0 rings (SSSR count). The van der Waals surface area contributed by atoms with E-state index >= 15 is 0 Å². The minimum absolute atomic E-state index is 0.0381. The lowest BCUT2D eigenvalue weighted by Crippen LogP contribution is -2.60. The summed E-state index contributed by atoms with van der Waals surface area (Å²) in [7, 11) is 0. The minimum atomic E-state index is -1.63. The second kappa shape index (κ2) is 26.8. The first-order valence-corrected chi connectivity index (χ1v) is 19.9. The predicted molar refractivity (Wildman–Crippen MR) is 207 cm³/mol. The molecule has 0 aliphatic carbocycles. The van der Waals surface area contributed by atoms with Gasteiger partial charge in [0, 0.05) is 19.3 Å². The van der Waals surface area contributed by atoms with Crippen LogP contribution in [0, 0.1) is 11.8 Å². The molecule has 0 bridgehead atoms. The molecule has 0 heterocycles. The van der Waals surface area contributed by atoms with Crippen LogP contribution in [0.4, 0.5) is 0 Å². The monoisotopic (exact) mass is 832 g/mol. The number of carboxylic acids is 3. The van der Waals surface area contributed by atoms with Crippen molar-refractivity contribution in [1.29, 1.82) is 0 Å². The van der Waals surface area contributed by atoms with Crippen LogP contribution < -0.4 is 43.4 Å². The van der Waals surface area contributed by atoms with Gasteiger partial charge in [0.05, 0.1) is 6.04 Å². The molecule has 0 saturated heterocycles. The molecule has 0 radical (unpaired) electrons. The van der Waals surface area contributed by atoms with Gasteiger partial charge in [-0.2, -0.15) is 11.8 Å². The topological polar surface area (TPSA) is 356 Å². The van der Waals surface area contributed by atoms with Gasteiger partial charge in [-0.1, -0.05) is 34.1 Å². The van der Waals surface area contributed by atoms with Crippen molar-refractivity contribution in [3.05, 3.63) is 0 Å². The van der Waals surface area contributed by atoms with Crippen LogP contribution in [0.15, 0.2) is 0 Å². The van der Waals surface area contributed by atoms with Crippen LogP contribution in [0.5, 0.6) is 0 Å². The smallest absolute Gasteiger partial charge is 0.326 e. The number of carboxylic acid groups (broad SMARTS) is 3. The number of carbonyl (C=O) groups is 10. The van der Waals surface area contributed by atoms with Crippen molar-refractivity contribution >= 4 is 71.0 Å². The van der Waals surface area contributed by atoms with Crippen LogP contribution in [0.3, 0.4) is 0 Å². The third kappa shape index (κ3) is 21.2.